The molecule has 46 heavy (non-hydrogen) atoms. The predicted molar refractivity (Wildman–Crippen MR) is 183 cm³/mol. The molecule has 0 bridgehead atoms. The van der Waals surface area contributed by atoms with Crippen LogP contribution in [-0.4, -0.2) is 51.4 Å². The molecular weight excluding hydrogens is 645 g/mol. The van der Waals surface area contributed by atoms with E-state index >= 15 is 0 Å². The number of methoxy groups -OCH3 is 1. The molecule has 0 saturated carbocycles. The van der Waals surface area contributed by atoms with Gasteiger partial charge in [0.15, 0.2) is 0 Å². The van der Waals surface area contributed by atoms with Gasteiger partial charge in [-0.05, 0) is 60.9 Å². The molecule has 0 spiro atoms. The Morgan fingerprint density at radius 3 is 2.24 bits per heavy atom. The van der Waals surface area contributed by atoms with Gasteiger partial charge in [0, 0.05) is 19.5 Å². The quantitative estimate of drug-likeness (QED) is 0.160. The van der Waals surface area contributed by atoms with Crippen molar-refractivity contribution in [2.45, 2.75) is 44.2 Å². The number of halogens is 2. The van der Waals surface area contributed by atoms with Gasteiger partial charge in [-0.1, -0.05) is 96.4 Å². The number of benzene rings is 4. The molecular formula is C35H37Cl2N3O5S. The second-order valence-electron chi connectivity index (χ2n) is 10.8. The van der Waals surface area contributed by atoms with E-state index in [0.717, 1.165) is 15.4 Å². The molecule has 8 nitrogen and oxygen atoms in total. The van der Waals surface area contributed by atoms with Crippen LogP contribution in [0.5, 0.6) is 5.75 Å². The molecule has 242 valence electrons. The number of amides is 2. The number of hydrogen-bond acceptors (Lipinski definition) is 5. The molecule has 1 N–H and O–H groups in total. The summed E-state index contributed by atoms with van der Waals surface area (Å²) in [5.74, 6) is -0.382. The van der Waals surface area contributed by atoms with E-state index in [9.17, 15) is 18.0 Å². The largest absolute Gasteiger partial charge is 0.497 e. The van der Waals surface area contributed by atoms with Crippen LogP contribution in [-0.2, 0) is 32.6 Å². The Morgan fingerprint density at radius 1 is 0.891 bits per heavy atom. The number of ether oxygens (including phenoxy) is 1. The Labute approximate surface area is 280 Å². The van der Waals surface area contributed by atoms with Gasteiger partial charge in [-0.3, -0.25) is 13.9 Å². The summed E-state index contributed by atoms with van der Waals surface area (Å²) in [6.45, 7) is 3.56. The van der Waals surface area contributed by atoms with Gasteiger partial charge in [0.2, 0.25) is 11.8 Å². The average molecular weight is 683 g/mol. The fourth-order valence-electron chi connectivity index (χ4n) is 4.92. The highest BCUT2D eigenvalue weighted by Crippen LogP contribution is 2.35. The highest BCUT2D eigenvalue weighted by atomic mass is 35.5. The fraction of sp³-hybridized carbons (Fsp3) is 0.257. The number of sulfonamides is 1. The molecule has 1 atom stereocenters. The van der Waals surface area contributed by atoms with E-state index < -0.39 is 28.5 Å². The number of carbonyl (C=O) groups excluding carboxylic acids is 2. The van der Waals surface area contributed by atoms with Crippen LogP contribution in [0.15, 0.2) is 102 Å². The third kappa shape index (κ3) is 8.60. The van der Waals surface area contributed by atoms with Crippen LogP contribution < -0.4 is 14.4 Å². The van der Waals surface area contributed by atoms with E-state index in [1.54, 1.807) is 43.5 Å². The van der Waals surface area contributed by atoms with Crippen molar-refractivity contribution in [3.05, 3.63) is 124 Å². The Hall–Kier alpha value is -4.05. The van der Waals surface area contributed by atoms with E-state index in [0.29, 0.717) is 24.3 Å². The second kappa shape index (κ2) is 16.0. The maximum atomic E-state index is 14.6. The van der Waals surface area contributed by atoms with Gasteiger partial charge in [-0.2, -0.15) is 0 Å². The topological polar surface area (TPSA) is 96.0 Å². The van der Waals surface area contributed by atoms with Gasteiger partial charge in [0.1, 0.15) is 18.3 Å². The van der Waals surface area contributed by atoms with Crippen molar-refractivity contribution in [3.63, 3.8) is 0 Å². The maximum Gasteiger partial charge on any atom is 0.264 e. The summed E-state index contributed by atoms with van der Waals surface area (Å²) in [6.07, 6.45) is 0.901. The summed E-state index contributed by atoms with van der Waals surface area (Å²) in [6, 6.07) is 26.5. The Bertz CT molecular complexity index is 1750. The molecule has 0 radical (unpaired) electrons. The number of anilines is 1. The minimum atomic E-state index is -4.32. The lowest BCUT2D eigenvalue weighted by Crippen LogP contribution is -2.53. The highest BCUT2D eigenvalue weighted by molar-refractivity contribution is 7.92. The zero-order valence-corrected chi connectivity index (χ0v) is 28.3. The Balaban J connectivity index is 1.83. The summed E-state index contributed by atoms with van der Waals surface area (Å²) >= 11 is 12.9. The van der Waals surface area contributed by atoms with E-state index in [4.69, 9.17) is 27.9 Å². The average Bonchev–Trinajstić information content (AvgIpc) is 3.06. The molecule has 4 rings (SSSR count). The lowest BCUT2D eigenvalue weighted by Gasteiger charge is -2.34. The molecule has 4 aromatic carbocycles. The number of hydrogen-bond donors (Lipinski definition) is 1. The van der Waals surface area contributed by atoms with Crippen molar-refractivity contribution in [2.75, 3.05) is 24.5 Å². The standard InChI is InChI=1S/C35H37Cl2N3O5S/c1-4-20-38-35(42)32(22-26-10-6-5-7-11-26)39(23-27-12-8-13-28(21-27)45-3)33(41)24-40(31-15-9-14-30(36)34(31)37)46(43,44)29-18-16-25(2)17-19-29/h5-19,21,32H,4,20,22-24H2,1-3H3,(H,38,42). The lowest BCUT2D eigenvalue weighted by molar-refractivity contribution is -0.140. The van der Waals surface area contributed by atoms with Crippen LogP contribution in [0.3, 0.4) is 0 Å². The molecule has 0 fully saturated rings. The first kappa shape index (κ1) is 34.8. The molecule has 11 heteroatoms. The highest BCUT2D eigenvalue weighted by Gasteiger charge is 2.35. The molecule has 2 amide bonds. The molecule has 0 aliphatic carbocycles. The van der Waals surface area contributed by atoms with Crippen molar-refractivity contribution < 1.29 is 22.7 Å². The molecule has 0 aliphatic rings. The summed E-state index contributed by atoms with van der Waals surface area (Å²) in [5, 5.41) is 3.04. The van der Waals surface area contributed by atoms with Gasteiger partial charge in [-0.15, -0.1) is 0 Å². The van der Waals surface area contributed by atoms with Gasteiger partial charge in [-0.25, -0.2) is 8.42 Å². The third-order valence-corrected chi connectivity index (χ3v) is 9.98. The number of carbonyl (C=O) groups is 2. The van der Waals surface area contributed by atoms with Gasteiger partial charge in [0.25, 0.3) is 10.0 Å². The Morgan fingerprint density at radius 2 is 1.57 bits per heavy atom. The maximum absolute atomic E-state index is 14.6. The number of nitrogens with zero attached hydrogens (tertiary/aromatic N) is 2. The number of rotatable bonds is 14. The predicted octanol–water partition coefficient (Wildman–Crippen LogP) is 6.67. The SMILES string of the molecule is CCCNC(=O)C(Cc1ccccc1)N(Cc1cccc(OC)c1)C(=O)CN(c1cccc(Cl)c1Cl)S(=O)(=O)c1ccc(C)cc1. The first-order valence-electron chi connectivity index (χ1n) is 14.8. The van der Waals surface area contributed by atoms with Crippen molar-refractivity contribution in [2.24, 2.45) is 0 Å². The van der Waals surface area contributed by atoms with Gasteiger partial charge >= 0.3 is 0 Å². The summed E-state index contributed by atoms with van der Waals surface area (Å²) in [4.78, 5) is 29.7. The number of aryl methyl sites for hydroxylation is 1. The summed E-state index contributed by atoms with van der Waals surface area (Å²) in [5.41, 5.74) is 2.44. The zero-order chi connectivity index (χ0) is 33.3. The summed E-state index contributed by atoms with van der Waals surface area (Å²) in [7, 11) is -2.78. The van der Waals surface area contributed by atoms with Crippen LogP contribution in [0.2, 0.25) is 10.0 Å². The normalized spacial score (nSPS) is 11.8. The smallest absolute Gasteiger partial charge is 0.264 e. The van der Waals surface area contributed by atoms with Crippen LogP contribution >= 0.6 is 23.2 Å². The van der Waals surface area contributed by atoms with Crippen molar-refractivity contribution in [1.82, 2.24) is 10.2 Å². The molecule has 0 heterocycles. The lowest BCUT2D eigenvalue weighted by atomic mass is 10.0. The minimum Gasteiger partial charge on any atom is -0.497 e. The van der Waals surface area contributed by atoms with E-state index in [2.05, 4.69) is 5.32 Å². The van der Waals surface area contributed by atoms with Crippen molar-refractivity contribution in [3.8, 4) is 5.75 Å². The Kier molecular flexibility index (Phi) is 12.1. The number of nitrogens with one attached hydrogen (secondary N) is 1. The van der Waals surface area contributed by atoms with E-state index in [-0.39, 0.29) is 39.5 Å². The van der Waals surface area contributed by atoms with Crippen molar-refractivity contribution >= 4 is 50.7 Å². The molecule has 0 aromatic heterocycles. The third-order valence-electron chi connectivity index (χ3n) is 7.40. The van der Waals surface area contributed by atoms with Gasteiger partial charge < -0.3 is 15.0 Å². The van der Waals surface area contributed by atoms with Crippen LogP contribution in [0.25, 0.3) is 0 Å². The van der Waals surface area contributed by atoms with E-state index in [1.165, 1.54) is 29.2 Å². The molecule has 4 aromatic rings. The minimum absolute atomic E-state index is 0.00871. The molecule has 1 unspecified atom stereocenters. The van der Waals surface area contributed by atoms with Crippen LogP contribution in [0.1, 0.15) is 30.0 Å². The van der Waals surface area contributed by atoms with E-state index in [1.807, 2.05) is 50.2 Å². The first-order valence-corrected chi connectivity index (χ1v) is 17.0. The fourth-order valence-corrected chi connectivity index (χ4v) is 6.80. The molecule has 0 aliphatic heterocycles. The zero-order valence-electron chi connectivity index (χ0n) is 26.0. The van der Waals surface area contributed by atoms with Crippen molar-refractivity contribution in [1.29, 1.82) is 0 Å². The molecule has 0 saturated heterocycles. The van der Waals surface area contributed by atoms with Crippen LogP contribution in [0, 0.1) is 6.92 Å². The van der Waals surface area contributed by atoms with Gasteiger partial charge in [0.05, 0.1) is 27.7 Å². The first-order chi connectivity index (χ1) is 22.0. The second-order valence-corrected chi connectivity index (χ2v) is 13.4. The van der Waals surface area contributed by atoms with Crippen LogP contribution in [0.4, 0.5) is 5.69 Å². The monoisotopic (exact) mass is 681 g/mol. The summed E-state index contributed by atoms with van der Waals surface area (Å²) < 4.78 is 34.8.